The van der Waals surface area contributed by atoms with Crippen molar-refractivity contribution >= 4 is 5.69 Å². The predicted molar refractivity (Wildman–Crippen MR) is 89.7 cm³/mol. The number of benzene rings is 1. The Balaban J connectivity index is 1.65. The van der Waals surface area contributed by atoms with E-state index in [2.05, 4.69) is 50.4 Å². The van der Waals surface area contributed by atoms with Crippen molar-refractivity contribution in [2.75, 3.05) is 5.32 Å². The van der Waals surface area contributed by atoms with E-state index in [0.717, 1.165) is 17.8 Å². The fourth-order valence-electron chi connectivity index (χ4n) is 5.82. The third-order valence-corrected chi connectivity index (χ3v) is 6.03. The summed E-state index contributed by atoms with van der Waals surface area (Å²) in [5.74, 6) is 3.07. The molecule has 4 saturated carbocycles. The molecular weight excluding hydrogens is 254 g/mol. The fraction of sp³-hybridized carbons (Fsp3) is 0.700. The average Bonchev–Trinajstić information content (AvgIpc) is 2.35. The monoisotopic (exact) mass is 283 g/mol. The second-order valence-electron chi connectivity index (χ2n) is 9.15. The van der Waals surface area contributed by atoms with Crippen molar-refractivity contribution in [3.8, 4) is 0 Å². The molecule has 1 aromatic rings. The van der Waals surface area contributed by atoms with Crippen LogP contribution in [0.3, 0.4) is 0 Å². The molecule has 0 heterocycles. The Bertz CT molecular complexity index is 502. The molecule has 4 aliphatic rings. The number of rotatable bonds is 2. The SMILES string of the molecule is CC(C)(C)Nc1cccc(C23CC4CC(CC(C4)C2)C3)c1. The van der Waals surface area contributed by atoms with E-state index in [1.54, 1.807) is 5.56 Å². The first kappa shape index (κ1) is 13.7. The third kappa shape index (κ3) is 2.49. The maximum atomic E-state index is 3.65. The van der Waals surface area contributed by atoms with Crippen LogP contribution in [-0.2, 0) is 5.41 Å². The molecule has 0 saturated heterocycles. The number of anilines is 1. The maximum Gasteiger partial charge on any atom is 0.0347 e. The van der Waals surface area contributed by atoms with Gasteiger partial charge in [-0.15, -0.1) is 0 Å². The summed E-state index contributed by atoms with van der Waals surface area (Å²) in [6, 6.07) is 9.36. The number of hydrogen-bond acceptors (Lipinski definition) is 1. The highest BCUT2D eigenvalue weighted by Gasteiger charge is 2.51. The Morgan fingerprint density at radius 2 is 1.52 bits per heavy atom. The summed E-state index contributed by atoms with van der Waals surface area (Å²) < 4.78 is 0. The Labute approximate surface area is 129 Å². The Morgan fingerprint density at radius 3 is 2.05 bits per heavy atom. The lowest BCUT2D eigenvalue weighted by Gasteiger charge is -2.57. The van der Waals surface area contributed by atoms with Gasteiger partial charge in [0.2, 0.25) is 0 Å². The van der Waals surface area contributed by atoms with E-state index in [1.165, 1.54) is 44.2 Å². The molecule has 0 amide bonds. The van der Waals surface area contributed by atoms with Crippen molar-refractivity contribution in [2.24, 2.45) is 17.8 Å². The molecule has 0 aromatic heterocycles. The smallest absolute Gasteiger partial charge is 0.0347 e. The maximum absolute atomic E-state index is 3.65. The van der Waals surface area contributed by atoms with Crippen molar-refractivity contribution in [3.05, 3.63) is 29.8 Å². The number of hydrogen-bond donors (Lipinski definition) is 1. The first-order valence-electron chi connectivity index (χ1n) is 8.81. The molecule has 4 fully saturated rings. The van der Waals surface area contributed by atoms with E-state index in [0.29, 0.717) is 5.41 Å². The van der Waals surface area contributed by atoms with Gasteiger partial charge in [-0.1, -0.05) is 12.1 Å². The highest BCUT2D eigenvalue weighted by molar-refractivity contribution is 5.49. The summed E-state index contributed by atoms with van der Waals surface area (Å²) in [7, 11) is 0. The Morgan fingerprint density at radius 1 is 0.952 bits per heavy atom. The molecule has 0 radical (unpaired) electrons. The molecule has 0 atom stereocenters. The highest BCUT2D eigenvalue weighted by Crippen LogP contribution is 2.60. The van der Waals surface area contributed by atoms with Gasteiger partial charge in [-0.05, 0) is 100 Å². The zero-order valence-electron chi connectivity index (χ0n) is 13.8. The van der Waals surface area contributed by atoms with E-state index >= 15 is 0 Å². The second-order valence-corrected chi connectivity index (χ2v) is 9.15. The zero-order chi connectivity index (χ0) is 14.7. The summed E-state index contributed by atoms with van der Waals surface area (Å²) in [5, 5.41) is 3.65. The molecule has 1 nitrogen and oxygen atoms in total. The van der Waals surface area contributed by atoms with Gasteiger partial charge < -0.3 is 5.32 Å². The van der Waals surface area contributed by atoms with Crippen LogP contribution >= 0.6 is 0 Å². The van der Waals surface area contributed by atoms with Gasteiger partial charge in [0.15, 0.2) is 0 Å². The Hall–Kier alpha value is -0.980. The Kier molecular flexibility index (Phi) is 2.93. The summed E-state index contributed by atoms with van der Waals surface area (Å²) in [6.07, 6.45) is 8.95. The first-order chi connectivity index (χ1) is 9.92. The van der Waals surface area contributed by atoms with Crippen LogP contribution in [0, 0.1) is 17.8 Å². The van der Waals surface area contributed by atoms with E-state index < -0.39 is 0 Å². The largest absolute Gasteiger partial charge is 0.380 e. The lowest BCUT2D eigenvalue weighted by atomic mass is 9.48. The average molecular weight is 283 g/mol. The second kappa shape index (κ2) is 4.51. The van der Waals surface area contributed by atoms with Crippen molar-refractivity contribution in [1.29, 1.82) is 0 Å². The summed E-state index contributed by atoms with van der Waals surface area (Å²) in [4.78, 5) is 0. The van der Waals surface area contributed by atoms with Gasteiger partial charge in [0.1, 0.15) is 0 Å². The highest BCUT2D eigenvalue weighted by atomic mass is 14.9. The van der Waals surface area contributed by atoms with Crippen molar-refractivity contribution < 1.29 is 0 Å². The van der Waals surface area contributed by atoms with Crippen LogP contribution in [0.5, 0.6) is 0 Å². The van der Waals surface area contributed by atoms with E-state index in [1.807, 2.05) is 0 Å². The van der Waals surface area contributed by atoms with Crippen LogP contribution in [0.2, 0.25) is 0 Å². The molecule has 4 bridgehead atoms. The predicted octanol–water partition coefficient (Wildman–Crippen LogP) is 5.36. The molecule has 5 rings (SSSR count). The molecule has 114 valence electrons. The normalized spacial score (nSPS) is 37.8. The van der Waals surface area contributed by atoms with Crippen molar-refractivity contribution in [2.45, 2.75) is 70.3 Å². The molecule has 1 heteroatoms. The van der Waals surface area contributed by atoms with Gasteiger partial charge in [0.05, 0.1) is 0 Å². The van der Waals surface area contributed by atoms with Crippen LogP contribution in [0.4, 0.5) is 5.69 Å². The molecule has 1 N–H and O–H groups in total. The minimum atomic E-state index is 0.139. The molecule has 21 heavy (non-hydrogen) atoms. The first-order valence-corrected chi connectivity index (χ1v) is 8.81. The lowest BCUT2D eigenvalue weighted by Crippen LogP contribution is -2.48. The minimum absolute atomic E-state index is 0.139. The van der Waals surface area contributed by atoms with Crippen LogP contribution in [0.15, 0.2) is 24.3 Å². The van der Waals surface area contributed by atoms with Crippen molar-refractivity contribution in [3.63, 3.8) is 0 Å². The van der Waals surface area contributed by atoms with Gasteiger partial charge in [0, 0.05) is 11.2 Å². The van der Waals surface area contributed by atoms with Crippen LogP contribution < -0.4 is 5.32 Å². The molecule has 0 unspecified atom stereocenters. The molecule has 1 aromatic carbocycles. The van der Waals surface area contributed by atoms with Gasteiger partial charge in [0.25, 0.3) is 0 Å². The topological polar surface area (TPSA) is 12.0 Å². The molecule has 4 aliphatic carbocycles. The summed E-state index contributed by atoms with van der Waals surface area (Å²) >= 11 is 0. The quantitative estimate of drug-likeness (QED) is 0.770. The molecular formula is C20H29N. The van der Waals surface area contributed by atoms with Gasteiger partial charge in [-0.25, -0.2) is 0 Å². The summed E-state index contributed by atoms with van der Waals surface area (Å²) in [6.45, 7) is 6.72. The fourth-order valence-corrected chi connectivity index (χ4v) is 5.82. The van der Waals surface area contributed by atoms with E-state index in [4.69, 9.17) is 0 Å². The number of nitrogens with one attached hydrogen (secondary N) is 1. The third-order valence-electron chi connectivity index (χ3n) is 6.03. The lowest BCUT2D eigenvalue weighted by molar-refractivity contribution is -0.00516. The molecule has 0 aliphatic heterocycles. The van der Waals surface area contributed by atoms with E-state index in [-0.39, 0.29) is 5.54 Å². The summed E-state index contributed by atoms with van der Waals surface area (Å²) in [5.41, 5.74) is 3.58. The van der Waals surface area contributed by atoms with Gasteiger partial charge in [-0.2, -0.15) is 0 Å². The van der Waals surface area contributed by atoms with Gasteiger partial charge in [-0.3, -0.25) is 0 Å². The van der Waals surface area contributed by atoms with Crippen LogP contribution in [0.1, 0.15) is 64.9 Å². The van der Waals surface area contributed by atoms with Gasteiger partial charge >= 0.3 is 0 Å². The standard InChI is InChI=1S/C20H29N/c1-19(2,3)21-18-6-4-5-17(10-18)20-11-14-7-15(12-20)9-16(8-14)13-20/h4-6,10,14-16,21H,7-9,11-13H2,1-3H3. The van der Waals surface area contributed by atoms with E-state index in [9.17, 15) is 0 Å². The minimum Gasteiger partial charge on any atom is -0.380 e. The van der Waals surface area contributed by atoms with Crippen LogP contribution in [0.25, 0.3) is 0 Å². The zero-order valence-corrected chi connectivity index (χ0v) is 13.8. The van der Waals surface area contributed by atoms with Crippen LogP contribution in [-0.4, -0.2) is 5.54 Å². The molecule has 0 spiro atoms. The van der Waals surface area contributed by atoms with Crippen molar-refractivity contribution in [1.82, 2.24) is 0 Å².